The van der Waals surface area contributed by atoms with Crippen LogP contribution < -0.4 is 26.4 Å². The van der Waals surface area contributed by atoms with E-state index in [1.165, 1.54) is 41.3 Å². The first-order valence-corrected chi connectivity index (χ1v) is 12.8. The summed E-state index contributed by atoms with van der Waals surface area (Å²) in [5.74, 6) is 3.91. The van der Waals surface area contributed by atoms with Crippen molar-refractivity contribution in [1.29, 1.82) is 0 Å². The van der Waals surface area contributed by atoms with Gasteiger partial charge < -0.3 is 26.4 Å². The molecule has 0 radical (unpaired) electrons. The molecule has 0 fully saturated rings. The molecular weight excluding hydrogens is 595 g/mol. The van der Waals surface area contributed by atoms with E-state index in [1.807, 2.05) is 0 Å². The lowest BCUT2D eigenvalue weighted by molar-refractivity contribution is -0.141. The summed E-state index contributed by atoms with van der Waals surface area (Å²) in [6.07, 6.45) is 0.445. The molecule has 0 unspecified atom stereocenters. The van der Waals surface area contributed by atoms with Gasteiger partial charge in [0.2, 0.25) is 5.91 Å². The largest absolute Gasteiger partial charge is 0.435 e. The smallest absolute Gasteiger partial charge is 0.425 e. The van der Waals surface area contributed by atoms with E-state index in [2.05, 4.69) is 42.9 Å². The van der Waals surface area contributed by atoms with Crippen molar-refractivity contribution in [2.24, 2.45) is 5.73 Å². The molecule has 0 saturated carbocycles. The fourth-order valence-corrected chi connectivity index (χ4v) is 4.21. The zero-order valence-corrected chi connectivity index (χ0v) is 23.1. The number of nitrogens with two attached hydrogens (primary N) is 1. The number of halogens is 4. The minimum Gasteiger partial charge on any atom is -0.425 e. The van der Waals surface area contributed by atoms with Crippen LogP contribution >= 0.6 is 11.6 Å². The fourth-order valence-electron chi connectivity index (χ4n) is 3.92. The summed E-state index contributed by atoms with van der Waals surface area (Å²) in [4.78, 5) is 44.2. The number of aromatic nitrogens is 5. The molecular formula is C26H23ClF3N9O4. The number of ether oxygens (including phenoxy) is 1. The molecule has 43 heavy (non-hydrogen) atoms. The lowest BCUT2D eigenvalue weighted by atomic mass is 10.1. The molecule has 13 nitrogen and oxygen atoms in total. The van der Waals surface area contributed by atoms with Crippen molar-refractivity contribution in [2.75, 3.05) is 25.0 Å². The SMILES string of the molecule is CC#CCn1cc(-c2cnc3c(Nc4ccc(C(=O)NCC(=O)NCCN)c(Cl)c4OC=O)nccn23)c(C(F)(F)F)n1. The molecule has 0 aliphatic rings. The number of hydrogen-bond acceptors (Lipinski definition) is 9. The predicted octanol–water partition coefficient (Wildman–Crippen LogP) is 2.37. The topological polar surface area (TPSA) is 171 Å². The monoisotopic (exact) mass is 617 g/mol. The number of hydrogen-bond donors (Lipinski definition) is 4. The molecule has 3 aromatic heterocycles. The average Bonchev–Trinajstić information content (AvgIpc) is 3.60. The highest BCUT2D eigenvalue weighted by Crippen LogP contribution is 2.39. The second-order valence-electron chi connectivity index (χ2n) is 8.59. The van der Waals surface area contributed by atoms with Crippen molar-refractivity contribution in [3.8, 4) is 28.8 Å². The van der Waals surface area contributed by atoms with E-state index < -0.39 is 23.7 Å². The summed E-state index contributed by atoms with van der Waals surface area (Å²) in [5, 5.41) is 11.2. The van der Waals surface area contributed by atoms with E-state index in [4.69, 9.17) is 22.1 Å². The lowest BCUT2D eigenvalue weighted by Gasteiger charge is -2.15. The molecule has 2 amide bonds. The number of imidazole rings is 1. The van der Waals surface area contributed by atoms with Crippen LogP contribution in [0.4, 0.5) is 24.7 Å². The molecule has 3 heterocycles. The van der Waals surface area contributed by atoms with Crippen LogP contribution in [0.15, 0.2) is 36.9 Å². The van der Waals surface area contributed by atoms with Crippen LogP contribution in [0.25, 0.3) is 16.9 Å². The van der Waals surface area contributed by atoms with Crippen molar-refractivity contribution in [2.45, 2.75) is 19.6 Å². The van der Waals surface area contributed by atoms with Crippen LogP contribution in [0.5, 0.6) is 5.75 Å². The highest BCUT2D eigenvalue weighted by atomic mass is 35.5. The van der Waals surface area contributed by atoms with Gasteiger partial charge in [0.25, 0.3) is 12.4 Å². The molecule has 0 bridgehead atoms. The van der Waals surface area contributed by atoms with Gasteiger partial charge in [0.1, 0.15) is 6.54 Å². The molecule has 17 heteroatoms. The maximum atomic E-state index is 13.9. The normalized spacial score (nSPS) is 11.0. The first kappa shape index (κ1) is 30.8. The molecule has 4 aromatic rings. The van der Waals surface area contributed by atoms with Crippen molar-refractivity contribution >= 4 is 47.0 Å². The molecule has 0 aliphatic carbocycles. The third-order valence-corrected chi connectivity index (χ3v) is 6.16. The van der Waals surface area contributed by atoms with Crippen molar-refractivity contribution in [3.63, 3.8) is 0 Å². The fraction of sp³-hybridized carbons (Fsp3) is 0.231. The summed E-state index contributed by atoms with van der Waals surface area (Å²) < 4.78 is 49.0. The zero-order chi connectivity index (χ0) is 31.1. The van der Waals surface area contributed by atoms with Gasteiger partial charge in [-0.3, -0.25) is 23.5 Å². The lowest BCUT2D eigenvalue weighted by Crippen LogP contribution is -2.38. The third kappa shape index (κ3) is 6.85. The number of anilines is 2. The Kier molecular flexibility index (Phi) is 9.48. The number of nitrogens with one attached hydrogen (secondary N) is 3. The Morgan fingerprint density at radius 3 is 2.72 bits per heavy atom. The molecule has 4 rings (SSSR count). The van der Waals surface area contributed by atoms with Gasteiger partial charge in [-0.1, -0.05) is 17.5 Å². The summed E-state index contributed by atoms with van der Waals surface area (Å²) in [5.41, 5.74) is 4.16. The Balaban J connectivity index is 1.68. The van der Waals surface area contributed by atoms with E-state index in [1.54, 1.807) is 6.92 Å². The van der Waals surface area contributed by atoms with Gasteiger partial charge in [-0.05, 0) is 19.1 Å². The van der Waals surface area contributed by atoms with Gasteiger partial charge in [0, 0.05) is 31.7 Å². The Hall–Kier alpha value is -5.14. The minimum atomic E-state index is -4.75. The highest BCUT2D eigenvalue weighted by molar-refractivity contribution is 6.36. The van der Waals surface area contributed by atoms with Gasteiger partial charge in [-0.25, -0.2) is 9.97 Å². The molecule has 224 valence electrons. The number of nitrogens with zero attached hydrogens (tertiary/aromatic N) is 5. The first-order valence-electron chi connectivity index (χ1n) is 12.4. The number of rotatable bonds is 11. The maximum absolute atomic E-state index is 13.9. The molecule has 5 N–H and O–H groups in total. The summed E-state index contributed by atoms with van der Waals surface area (Å²) in [6, 6.07) is 2.68. The van der Waals surface area contributed by atoms with Crippen LogP contribution in [0.3, 0.4) is 0 Å². The van der Waals surface area contributed by atoms with E-state index >= 15 is 0 Å². The second-order valence-corrected chi connectivity index (χ2v) is 8.97. The average molecular weight is 618 g/mol. The van der Waals surface area contributed by atoms with Crippen LogP contribution in [0, 0.1) is 11.8 Å². The standard InChI is InChI=1S/C26H23ClF3N9O4/c1-2-3-9-38-13-16(22(37-38)26(28,29)30)18-11-34-24-23(33-8-10-39(18)24)36-17-5-4-15(20(27)21(17)43-14-40)25(42)35-12-19(41)32-7-6-31/h4-5,8,10-11,13-14H,6-7,9,12,31H2,1H3,(H,32,41)(H,33,36)(H,35,42). The Bertz CT molecular complexity index is 1740. The molecule has 0 spiro atoms. The summed E-state index contributed by atoms with van der Waals surface area (Å²) in [7, 11) is 0. The number of amides is 2. The molecule has 0 saturated heterocycles. The molecule has 1 aromatic carbocycles. The van der Waals surface area contributed by atoms with Gasteiger partial charge in [-0.2, -0.15) is 18.3 Å². The van der Waals surface area contributed by atoms with E-state index in [-0.39, 0.29) is 77.4 Å². The first-order chi connectivity index (χ1) is 20.6. The Labute approximate surface area is 246 Å². The highest BCUT2D eigenvalue weighted by Gasteiger charge is 2.38. The molecule has 0 aliphatic heterocycles. The zero-order valence-electron chi connectivity index (χ0n) is 22.3. The quantitative estimate of drug-likeness (QED) is 0.146. The molecule has 0 atom stereocenters. The Morgan fingerprint density at radius 1 is 1.23 bits per heavy atom. The summed E-state index contributed by atoms with van der Waals surface area (Å²) >= 11 is 6.39. The van der Waals surface area contributed by atoms with Crippen molar-refractivity contribution in [1.82, 2.24) is 34.8 Å². The number of carbonyl (C=O) groups is 3. The maximum Gasteiger partial charge on any atom is 0.435 e. The van der Waals surface area contributed by atoms with Crippen molar-refractivity contribution < 1.29 is 32.3 Å². The van der Waals surface area contributed by atoms with Crippen molar-refractivity contribution in [3.05, 3.63) is 53.2 Å². The number of benzene rings is 1. The van der Waals surface area contributed by atoms with Gasteiger partial charge in [0.05, 0.1) is 40.3 Å². The minimum absolute atomic E-state index is 0.0412. The van der Waals surface area contributed by atoms with E-state index in [0.29, 0.717) is 0 Å². The predicted molar refractivity (Wildman–Crippen MR) is 148 cm³/mol. The van der Waals surface area contributed by atoms with Gasteiger partial charge >= 0.3 is 6.18 Å². The number of fused-ring (bicyclic) bond motifs is 1. The van der Waals surface area contributed by atoms with E-state index in [9.17, 15) is 27.6 Å². The number of alkyl halides is 3. The van der Waals surface area contributed by atoms with Crippen LogP contribution in [0.2, 0.25) is 5.02 Å². The number of carbonyl (C=O) groups excluding carboxylic acids is 3. The van der Waals surface area contributed by atoms with E-state index in [0.717, 1.165) is 4.68 Å². The van der Waals surface area contributed by atoms with Crippen LogP contribution in [0.1, 0.15) is 23.0 Å². The van der Waals surface area contributed by atoms with Crippen LogP contribution in [-0.2, 0) is 22.3 Å². The summed E-state index contributed by atoms with van der Waals surface area (Å²) in [6.45, 7) is 1.72. The Morgan fingerprint density at radius 2 is 2.02 bits per heavy atom. The second kappa shape index (κ2) is 13.2. The van der Waals surface area contributed by atoms with Gasteiger partial charge in [-0.15, -0.1) is 5.92 Å². The van der Waals surface area contributed by atoms with Gasteiger partial charge in [0.15, 0.2) is 22.9 Å². The van der Waals surface area contributed by atoms with Crippen LogP contribution in [-0.4, -0.2) is 62.1 Å². The third-order valence-electron chi connectivity index (χ3n) is 5.79.